The van der Waals surface area contributed by atoms with Crippen molar-refractivity contribution in [2.45, 2.75) is 38.6 Å². The Labute approximate surface area is 147 Å². The van der Waals surface area contributed by atoms with Crippen LogP contribution >= 0.6 is 0 Å². The second-order valence-electron chi connectivity index (χ2n) is 3.90. The molecule has 133 valence electrons. The van der Waals surface area contributed by atoms with E-state index in [9.17, 15) is 19.2 Å². The maximum atomic E-state index is 11.0. The van der Waals surface area contributed by atoms with Crippen LogP contribution in [0.15, 0.2) is 0 Å². The average Bonchev–Trinajstić information content (AvgIpc) is 2.40. The smallest absolute Gasteiger partial charge is 0.481 e. The molecule has 0 aliphatic rings. The Morgan fingerprint density at radius 3 is 1.87 bits per heavy atom. The van der Waals surface area contributed by atoms with Crippen LogP contribution in [0.3, 0.4) is 0 Å². The maximum Gasteiger partial charge on any atom is 2.00 e. The summed E-state index contributed by atoms with van der Waals surface area (Å²) in [6, 6.07) is -2.36. The first kappa shape index (κ1) is 29.3. The summed E-state index contributed by atoms with van der Waals surface area (Å²) in [6.07, 6.45) is 1.57. The number of carboxylic acid groups (broad SMARTS) is 3. The van der Waals surface area contributed by atoms with Crippen LogP contribution in [0.4, 0.5) is 4.79 Å². The van der Waals surface area contributed by atoms with Gasteiger partial charge in [0.1, 0.15) is 12.6 Å². The summed E-state index contributed by atoms with van der Waals surface area (Å²) in [5, 5.41) is 29.1. The third-order valence-electron chi connectivity index (χ3n) is 2.00. The van der Waals surface area contributed by atoms with Gasteiger partial charge in [-0.15, -0.1) is 0 Å². The molecular weight excluding hydrogens is 347 g/mol. The van der Waals surface area contributed by atoms with Crippen LogP contribution in [0.25, 0.3) is 0 Å². The number of rotatable bonds is 8. The summed E-state index contributed by atoms with van der Waals surface area (Å²) in [5.41, 5.74) is 0. The molecule has 0 saturated carbocycles. The predicted molar refractivity (Wildman–Crippen MR) is 79.1 cm³/mol. The minimum Gasteiger partial charge on any atom is -0.481 e. The summed E-state index contributed by atoms with van der Waals surface area (Å²) < 4.78 is 0. The number of nitrogens with one attached hydrogen (secondary N) is 2. The van der Waals surface area contributed by atoms with Gasteiger partial charge in [-0.2, -0.15) is 6.42 Å². The number of urea groups is 1. The van der Waals surface area contributed by atoms with Gasteiger partial charge in [-0.05, 0) is 6.42 Å². The fraction of sp³-hybridized carbons (Fsp3) is 0.538. The minimum absolute atomic E-state index is 0. The van der Waals surface area contributed by atoms with E-state index < -0.39 is 42.9 Å². The van der Waals surface area contributed by atoms with Crippen LogP contribution in [-0.4, -0.2) is 51.8 Å². The number of carboxylic acids is 3. The van der Waals surface area contributed by atoms with E-state index in [1.807, 2.05) is 10.6 Å². The van der Waals surface area contributed by atoms with Gasteiger partial charge in [-0.1, -0.05) is 13.3 Å². The molecule has 0 aromatic rings. The summed E-state index contributed by atoms with van der Waals surface area (Å²) in [6.45, 7) is 5.07. The van der Waals surface area contributed by atoms with Crippen molar-refractivity contribution in [3.63, 3.8) is 0 Å². The monoisotopic (exact) mass is 371 g/mol. The van der Waals surface area contributed by atoms with Crippen molar-refractivity contribution in [3.05, 3.63) is 14.4 Å². The largest absolute Gasteiger partial charge is 2.00 e. The summed E-state index contributed by atoms with van der Waals surface area (Å²) in [4.78, 5) is 42.0. The Morgan fingerprint density at radius 1 is 1.09 bits per heavy atom. The van der Waals surface area contributed by atoms with E-state index in [2.05, 4.69) is 13.8 Å². The third kappa shape index (κ3) is 22.7. The van der Waals surface area contributed by atoms with Crippen LogP contribution in [0.1, 0.15) is 32.6 Å². The quantitative estimate of drug-likeness (QED) is 0.395. The van der Waals surface area contributed by atoms with Crippen molar-refractivity contribution in [3.8, 4) is 0 Å². The number of unbranched alkanes of at least 4 members (excludes halogenated alkanes) is 1. The molecule has 2 amide bonds. The predicted octanol–water partition coefficient (Wildman–Crippen LogP) is 0.757. The molecular formula is C13H24N2O7V. The number of amides is 2. The van der Waals surface area contributed by atoms with Crippen molar-refractivity contribution in [2.75, 3.05) is 6.54 Å². The summed E-state index contributed by atoms with van der Waals surface area (Å²) >= 11 is 0. The Bertz CT molecular complexity index is 362. The van der Waals surface area contributed by atoms with Crippen molar-refractivity contribution in [1.82, 2.24) is 10.6 Å². The fourth-order valence-corrected chi connectivity index (χ4v) is 0.890. The zero-order valence-corrected chi connectivity index (χ0v) is 14.6. The first-order valence-electron chi connectivity index (χ1n) is 6.24. The van der Waals surface area contributed by atoms with Crippen molar-refractivity contribution in [2.24, 2.45) is 0 Å². The summed E-state index contributed by atoms with van der Waals surface area (Å²) in [5.74, 6) is -3.86. The normalized spacial score (nSPS) is 9.65. The van der Waals surface area contributed by atoms with Crippen LogP contribution in [-0.2, 0) is 32.9 Å². The van der Waals surface area contributed by atoms with Gasteiger partial charge in [0.2, 0.25) is 0 Å². The van der Waals surface area contributed by atoms with Crippen molar-refractivity contribution >= 4 is 23.9 Å². The summed E-state index contributed by atoms with van der Waals surface area (Å²) in [7, 11) is 0. The van der Waals surface area contributed by atoms with Crippen molar-refractivity contribution in [1.29, 1.82) is 0 Å². The van der Waals surface area contributed by atoms with E-state index in [4.69, 9.17) is 15.3 Å². The maximum absolute atomic E-state index is 11.0. The second kappa shape index (κ2) is 18.3. The molecule has 1 unspecified atom stereocenters. The zero-order valence-electron chi connectivity index (χ0n) is 13.2. The molecule has 0 aromatic carbocycles. The SMILES string of the molecule is O=C(O)CCC(NC(=O)NCC(=O)O)C(=O)O.[CH2-]CCC.[CH3-].[V+2]. The average molecular weight is 371 g/mol. The molecule has 0 aliphatic heterocycles. The van der Waals surface area contributed by atoms with E-state index in [1.165, 1.54) is 6.42 Å². The van der Waals surface area contributed by atoms with E-state index >= 15 is 0 Å². The molecule has 1 radical (unpaired) electrons. The molecule has 1 atom stereocenters. The van der Waals surface area contributed by atoms with E-state index in [0.717, 1.165) is 6.42 Å². The van der Waals surface area contributed by atoms with Gasteiger partial charge in [-0.3, -0.25) is 9.59 Å². The van der Waals surface area contributed by atoms with Gasteiger partial charge in [-0.25, -0.2) is 9.59 Å². The minimum atomic E-state index is -1.39. The number of carbonyl (C=O) groups excluding carboxylic acids is 1. The Hall–Kier alpha value is -1.74. The van der Waals surface area contributed by atoms with Gasteiger partial charge < -0.3 is 40.3 Å². The fourth-order valence-electron chi connectivity index (χ4n) is 0.890. The van der Waals surface area contributed by atoms with Crippen molar-refractivity contribution < 1.29 is 53.1 Å². The standard InChI is InChI=1S/C8H12N2O7.C4H9.CH3.V/c11-5(12)2-1-4(7(15)16)10-8(17)9-3-6(13)14;1-3-4-2;;/h4H,1-3H2,(H,11,12)(H,13,14)(H,15,16)(H2,9,10,17);1,3-4H2,2H3;1H3;/q;2*-1;+2. The molecule has 0 saturated heterocycles. The first-order valence-corrected chi connectivity index (χ1v) is 6.24. The van der Waals surface area contributed by atoms with Gasteiger partial charge in [0.15, 0.2) is 0 Å². The Kier molecular flexibility index (Phi) is 23.3. The van der Waals surface area contributed by atoms with Gasteiger partial charge >= 0.3 is 42.5 Å². The number of aliphatic carboxylic acids is 3. The van der Waals surface area contributed by atoms with Gasteiger partial charge in [0, 0.05) is 6.42 Å². The molecule has 23 heavy (non-hydrogen) atoms. The van der Waals surface area contributed by atoms with Crippen LogP contribution in [0.5, 0.6) is 0 Å². The topological polar surface area (TPSA) is 153 Å². The molecule has 0 aliphatic carbocycles. The molecule has 0 spiro atoms. The van der Waals surface area contributed by atoms with Gasteiger partial charge in [0.25, 0.3) is 0 Å². The van der Waals surface area contributed by atoms with E-state index in [1.54, 1.807) is 0 Å². The third-order valence-corrected chi connectivity index (χ3v) is 2.00. The molecule has 5 N–H and O–H groups in total. The molecule has 9 nitrogen and oxygen atoms in total. The molecule has 10 heteroatoms. The zero-order chi connectivity index (χ0) is 16.8. The van der Waals surface area contributed by atoms with Crippen LogP contribution in [0.2, 0.25) is 0 Å². The molecule has 0 bridgehead atoms. The Morgan fingerprint density at radius 2 is 1.57 bits per heavy atom. The molecule has 0 fully saturated rings. The van der Waals surface area contributed by atoms with Crippen LogP contribution in [0, 0.1) is 14.4 Å². The number of hydrogen-bond acceptors (Lipinski definition) is 4. The number of hydrogen-bond donors (Lipinski definition) is 5. The van der Waals surface area contributed by atoms with Crippen LogP contribution < -0.4 is 10.6 Å². The van der Waals surface area contributed by atoms with E-state index in [-0.39, 0.29) is 32.4 Å². The Balaban J connectivity index is -0.000000268. The van der Waals surface area contributed by atoms with Gasteiger partial charge in [0.05, 0.1) is 0 Å². The molecule has 0 rings (SSSR count). The first-order chi connectivity index (χ1) is 9.74. The second-order valence-corrected chi connectivity index (χ2v) is 3.90. The molecule has 0 aromatic heterocycles. The van der Waals surface area contributed by atoms with E-state index in [0.29, 0.717) is 0 Å². The molecule has 0 heterocycles. The number of carbonyl (C=O) groups is 4.